The van der Waals surface area contributed by atoms with Crippen LogP contribution in [-0.2, 0) is 52.7 Å². The molecule has 2 aliphatic heterocycles. The number of fused-ring (bicyclic) bond motifs is 1. The Labute approximate surface area is 339 Å². The van der Waals surface area contributed by atoms with E-state index in [0.29, 0.717) is 6.42 Å². The number of carboxylic acids is 1. The molecule has 2 aliphatic rings. The molecule has 0 radical (unpaired) electrons. The van der Waals surface area contributed by atoms with Gasteiger partial charge in [-0.2, -0.15) is 0 Å². The van der Waals surface area contributed by atoms with E-state index in [1.54, 1.807) is 6.92 Å². The van der Waals surface area contributed by atoms with Crippen LogP contribution in [0.1, 0.15) is 73.1 Å². The van der Waals surface area contributed by atoms with Crippen LogP contribution in [0.15, 0.2) is 0 Å². The van der Waals surface area contributed by atoms with E-state index in [2.05, 4.69) is 42.5 Å². The van der Waals surface area contributed by atoms with E-state index in [0.717, 1.165) is 11.8 Å². The average molecular weight is 841 g/mol. The maximum absolute atomic E-state index is 13.7. The van der Waals surface area contributed by atoms with Crippen molar-refractivity contribution in [3.63, 3.8) is 0 Å². The van der Waals surface area contributed by atoms with Gasteiger partial charge in [-0.05, 0) is 46.0 Å². The molecule has 0 unspecified atom stereocenters. The summed E-state index contributed by atoms with van der Waals surface area (Å²) in [6.45, 7) is 5.12. The van der Waals surface area contributed by atoms with Gasteiger partial charge in [-0.3, -0.25) is 52.7 Å². The van der Waals surface area contributed by atoms with E-state index in [-0.39, 0.29) is 19.4 Å². The van der Waals surface area contributed by atoms with Gasteiger partial charge in [0.1, 0.15) is 48.3 Å². The number of primary amides is 1. The third-order valence-corrected chi connectivity index (χ3v) is 9.76. The molecule has 2 rings (SSSR count). The SMILES string of the molecule is CC[C@H](C)[C@@H]1NC(=O)[C@H](CCC(N)=O)NC(=O)[C@H]([C@@H](C)O)NC(=O)CNC(=O)[C@H](C)NC(=O)[C@H](C)NC(=O)[C@@H]2CCCN2C(=O)[C@H](CO)NC(=O)[C@H](CC(=O)O)NC1=O. The summed E-state index contributed by atoms with van der Waals surface area (Å²) in [7, 11) is 0. The first kappa shape index (κ1) is 49.2. The fraction of sp³-hybridized carbons (Fsp3) is 0.686. The van der Waals surface area contributed by atoms with Gasteiger partial charge in [-0.1, -0.05) is 20.3 Å². The number of aliphatic hydroxyl groups is 2. The number of hydrogen-bond acceptors (Lipinski definition) is 13. The summed E-state index contributed by atoms with van der Waals surface area (Å²) in [6.07, 6.45) is -2.84. The fourth-order valence-electron chi connectivity index (χ4n) is 6.11. The predicted octanol–water partition coefficient (Wildman–Crippen LogP) is -6.30. The molecule has 0 aromatic carbocycles. The van der Waals surface area contributed by atoms with Gasteiger partial charge in [-0.15, -0.1) is 0 Å². The highest BCUT2D eigenvalue weighted by molar-refractivity contribution is 5.99. The number of nitrogens with zero attached hydrogens (tertiary/aromatic N) is 1. The first-order valence-corrected chi connectivity index (χ1v) is 19.1. The van der Waals surface area contributed by atoms with Crippen LogP contribution in [0.4, 0.5) is 0 Å². The first-order chi connectivity index (χ1) is 27.6. The number of hydrogen-bond donors (Lipinski definition) is 12. The molecule has 2 heterocycles. The van der Waals surface area contributed by atoms with Crippen LogP contribution in [0, 0.1) is 5.92 Å². The van der Waals surface area contributed by atoms with Crippen LogP contribution in [0.25, 0.3) is 0 Å². The van der Waals surface area contributed by atoms with Gasteiger partial charge in [0.25, 0.3) is 0 Å². The number of nitrogens with one attached hydrogen (secondary N) is 8. The number of carboxylic acid groups (broad SMARTS) is 1. The highest BCUT2D eigenvalue weighted by Crippen LogP contribution is 2.19. The Morgan fingerprint density at radius 2 is 1.31 bits per heavy atom. The maximum atomic E-state index is 13.7. The maximum Gasteiger partial charge on any atom is 0.305 e. The molecule has 0 saturated carbocycles. The summed E-state index contributed by atoms with van der Waals surface area (Å²) < 4.78 is 0. The Kier molecular flexibility index (Phi) is 19.1. The molecule has 330 valence electrons. The molecule has 0 spiro atoms. The number of amides is 10. The van der Waals surface area contributed by atoms with E-state index < -0.39 is 158 Å². The largest absolute Gasteiger partial charge is 0.481 e. The van der Waals surface area contributed by atoms with E-state index in [1.165, 1.54) is 20.8 Å². The Morgan fingerprint density at radius 3 is 1.88 bits per heavy atom. The summed E-state index contributed by atoms with van der Waals surface area (Å²) in [5.41, 5.74) is 5.28. The lowest BCUT2D eigenvalue weighted by Gasteiger charge is -2.30. The molecule has 2 saturated heterocycles. The van der Waals surface area contributed by atoms with Crippen LogP contribution >= 0.6 is 0 Å². The van der Waals surface area contributed by atoms with Crippen LogP contribution in [0.2, 0.25) is 0 Å². The molecule has 13 N–H and O–H groups in total. The Hall–Kier alpha value is -5.91. The molecule has 10 amide bonds. The highest BCUT2D eigenvalue weighted by atomic mass is 16.4. The van der Waals surface area contributed by atoms with Crippen molar-refractivity contribution in [1.82, 2.24) is 47.4 Å². The fourth-order valence-corrected chi connectivity index (χ4v) is 6.11. The smallest absolute Gasteiger partial charge is 0.305 e. The molecule has 59 heavy (non-hydrogen) atoms. The topological polar surface area (TPSA) is 374 Å². The lowest BCUT2D eigenvalue weighted by molar-refractivity contribution is -0.144. The normalized spacial score (nSPS) is 28.8. The minimum Gasteiger partial charge on any atom is -0.481 e. The van der Waals surface area contributed by atoms with Crippen molar-refractivity contribution in [2.45, 2.75) is 128 Å². The summed E-state index contributed by atoms with van der Waals surface area (Å²) in [5, 5.41) is 48.6. The van der Waals surface area contributed by atoms with Crippen molar-refractivity contribution in [2.24, 2.45) is 11.7 Å². The van der Waals surface area contributed by atoms with Crippen molar-refractivity contribution >= 4 is 65.0 Å². The number of aliphatic hydroxyl groups excluding tert-OH is 2. The molecular formula is C35H56N10O14. The van der Waals surface area contributed by atoms with E-state index in [1.807, 2.05) is 0 Å². The minimum absolute atomic E-state index is 0.000915. The monoisotopic (exact) mass is 840 g/mol. The van der Waals surface area contributed by atoms with Gasteiger partial charge >= 0.3 is 5.97 Å². The molecule has 24 nitrogen and oxygen atoms in total. The molecule has 2 fully saturated rings. The second-order valence-corrected chi connectivity index (χ2v) is 14.5. The molecule has 0 aromatic heterocycles. The second kappa shape index (κ2) is 22.9. The summed E-state index contributed by atoms with van der Waals surface area (Å²) in [4.78, 5) is 144. The standard InChI is InChI=1S/C35H56N10O14/c1-6-15(2)26-33(57)41-20(12-25(50)51)31(55)42-21(14-46)35(59)45-11-7-8-22(45)32(56)39-17(4)29(53)38-16(3)28(52)37-13-24(49)43-27(18(5)47)34(58)40-19(30(54)44-26)9-10-23(36)48/h15-22,26-27,46-47H,6-14H2,1-5H3,(H2,36,48)(H,37,52)(H,38,53)(H,39,56)(H,40,58)(H,41,57)(H,42,55)(H,43,49)(H,44,54)(H,50,51)/t15-,16-,17-,18+,19-,20-,21-,22-,26-,27-/m0/s1. The van der Waals surface area contributed by atoms with Gasteiger partial charge < -0.3 is 68.5 Å². The Bertz CT molecular complexity index is 1630. The van der Waals surface area contributed by atoms with E-state index >= 15 is 0 Å². The lowest BCUT2D eigenvalue weighted by atomic mass is 9.96. The van der Waals surface area contributed by atoms with Crippen molar-refractivity contribution < 1.29 is 68.1 Å². The lowest BCUT2D eigenvalue weighted by Crippen LogP contribution is -2.62. The van der Waals surface area contributed by atoms with Crippen molar-refractivity contribution in [1.29, 1.82) is 0 Å². The molecular weight excluding hydrogens is 784 g/mol. The van der Waals surface area contributed by atoms with Gasteiger partial charge in [0.05, 0.1) is 25.7 Å². The molecule has 0 aromatic rings. The van der Waals surface area contributed by atoms with Crippen LogP contribution in [0.5, 0.6) is 0 Å². The van der Waals surface area contributed by atoms with Gasteiger partial charge in [0.15, 0.2) is 0 Å². The van der Waals surface area contributed by atoms with E-state index in [9.17, 15) is 68.1 Å². The number of nitrogens with two attached hydrogens (primary N) is 1. The molecule has 0 bridgehead atoms. The average Bonchev–Trinajstić information content (AvgIpc) is 3.67. The minimum atomic E-state index is -1.88. The summed E-state index contributed by atoms with van der Waals surface area (Å²) in [6, 6.07) is -12.1. The number of rotatable bonds is 9. The second-order valence-electron chi connectivity index (χ2n) is 14.5. The zero-order chi connectivity index (χ0) is 44.7. The molecule has 10 atom stereocenters. The number of carbonyl (C=O) groups is 11. The zero-order valence-electron chi connectivity index (χ0n) is 33.5. The quantitative estimate of drug-likeness (QED) is 0.103. The van der Waals surface area contributed by atoms with Crippen molar-refractivity contribution in [3.05, 3.63) is 0 Å². The predicted molar refractivity (Wildman–Crippen MR) is 202 cm³/mol. The Morgan fingerprint density at radius 1 is 0.746 bits per heavy atom. The summed E-state index contributed by atoms with van der Waals surface area (Å²) in [5.74, 6) is -12.0. The first-order valence-electron chi connectivity index (χ1n) is 19.1. The highest BCUT2D eigenvalue weighted by Gasteiger charge is 2.40. The zero-order valence-corrected chi connectivity index (χ0v) is 33.5. The third kappa shape index (κ3) is 14.8. The number of aliphatic carboxylic acids is 1. The third-order valence-electron chi connectivity index (χ3n) is 9.76. The van der Waals surface area contributed by atoms with Crippen molar-refractivity contribution in [2.75, 3.05) is 19.7 Å². The molecule has 0 aliphatic carbocycles. The molecule has 24 heteroatoms. The van der Waals surface area contributed by atoms with Gasteiger partial charge in [0.2, 0.25) is 59.1 Å². The summed E-state index contributed by atoms with van der Waals surface area (Å²) >= 11 is 0. The van der Waals surface area contributed by atoms with Crippen LogP contribution in [0.3, 0.4) is 0 Å². The van der Waals surface area contributed by atoms with Gasteiger partial charge in [0, 0.05) is 13.0 Å². The van der Waals surface area contributed by atoms with Gasteiger partial charge in [-0.25, -0.2) is 0 Å². The van der Waals surface area contributed by atoms with Crippen molar-refractivity contribution in [3.8, 4) is 0 Å². The Balaban J connectivity index is 2.58. The van der Waals surface area contributed by atoms with E-state index in [4.69, 9.17) is 5.73 Å². The van der Waals surface area contributed by atoms with Crippen LogP contribution in [-0.4, -0.2) is 159 Å². The number of carbonyl (C=O) groups excluding carboxylic acids is 10. The van der Waals surface area contributed by atoms with Crippen LogP contribution < -0.4 is 48.3 Å².